The lowest BCUT2D eigenvalue weighted by atomic mass is 9.78. The largest absolute Gasteiger partial charge is 0.366 e. The Morgan fingerprint density at radius 3 is 2.75 bits per heavy atom. The highest BCUT2D eigenvalue weighted by Gasteiger charge is 2.34. The average molecular weight is 337 g/mol. The Morgan fingerprint density at radius 1 is 1.20 bits per heavy atom. The van der Waals surface area contributed by atoms with Gasteiger partial charge in [-0.3, -0.25) is 0 Å². The molecule has 2 nitrogen and oxygen atoms in total. The molecule has 0 amide bonds. The van der Waals surface area contributed by atoms with Gasteiger partial charge in [0.1, 0.15) is 6.07 Å². The molecule has 1 aliphatic heterocycles. The molecule has 1 aliphatic carbocycles. The minimum absolute atomic E-state index is 0.282. The maximum Gasteiger partial charge on any atom is 0.161 e. The Hall–Kier alpha value is -1.08. The molecule has 0 radical (unpaired) electrons. The van der Waals surface area contributed by atoms with Crippen molar-refractivity contribution in [2.75, 3.05) is 11.4 Å². The van der Waals surface area contributed by atoms with Gasteiger partial charge >= 0.3 is 0 Å². The monoisotopic (exact) mass is 336 g/mol. The van der Waals surface area contributed by atoms with Gasteiger partial charge in [0, 0.05) is 12.6 Å². The fraction of sp³-hybridized carbons (Fsp3) is 0.562. The van der Waals surface area contributed by atoms with Crippen LogP contribution in [-0.2, 0) is 0 Å². The lowest BCUT2D eigenvalue weighted by Crippen LogP contribution is -2.47. The summed E-state index contributed by atoms with van der Waals surface area (Å²) < 4.78 is 14.9. The summed E-state index contributed by atoms with van der Waals surface area (Å²) in [4.78, 5) is 2.24. The number of nitriles is 1. The number of halogens is 2. The molecule has 4 heteroatoms. The molecule has 3 rings (SSSR count). The minimum Gasteiger partial charge on any atom is -0.366 e. The Bertz CT molecular complexity index is 550. The van der Waals surface area contributed by atoms with E-state index in [2.05, 4.69) is 20.8 Å². The molecule has 1 saturated heterocycles. The molecule has 0 aromatic heterocycles. The van der Waals surface area contributed by atoms with E-state index >= 15 is 0 Å². The summed E-state index contributed by atoms with van der Waals surface area (Å²) in [5.41, 5.74) is 1.02. The summed E-state index contributed by atoms with van der Waals surface area (Å²) in [5, 5.41) is 8.97. The highest BCUT2D eigenvalue weighted by Crippen LogP contribution is 2.40. The summed E-state index contributed by atoms with van der Waals surface area (Å²) in [5.74, 6) is 0.432. The molecule has 0 N–H and O–H groups in total. The molecule has 0 bridgehead atoms. The number of nitrogens with zero attached hydrogens (tertiary/aromatic N) is 2. The van der Waals surface area contributed by atoms with E-state index in [-0.39, 0.29) is 5.82 Å². The standard InChI is InChI=1S/C16H18BrFN2/c17-15-12(10-19)7-8-14(16(15)18)20-9-3-5-11-4-1-2-6-13(11)20/h7-8,11,13H,1-6,9H2/t11-,13-/m1/s1. The lowest BCUT2D eigenvalue weighted by molar-refractivity contribution is 0.242. The van der Waals surface area contributed by atoms with Crippen LogP contribution in [0.2, 0.25) is 0 Å². The van der Waals surface area contributed by atoms with Crippen LogP contribution >= 0.6 is 15.9 Å². The Kier molecular flexibility index (Phi) is 3.98. The second-order valence-corrected chi connectivity index (χ2v) is 6.61. The van der Waals surface area contributed by atoms with Gasteiger partial charge in [0.2, 0.25) is 0 Å². The lowest BCUT2D eigenvalue weighted by Gasteiger charge is -2.45. The molecule has 0 unspecified atom stereocenters. The SMILES string of the molecule is N#Cc1ccc(N2CCC[C@H]3CCCC[C@H]32)c(F)c1Br. The molecular weight excluding hydrogens is 319 g/mol. The predicted octanol–water partition coefficient (Wildman–Crippen LogP) is 4.62. The van der Waals surface area contributed by atoms with Crippen LogP contribution in [0.25, 0.3) is 0 Å². The number of rotatable bonds is 1. The van der Waals surface area contributed by atoms with Crippen LogP contribution in [0, 0.1) is 23.1 Å². The zero-order valence-electron chi connectivity index (χ0n) is 11.4. The van der Waals surface area contributed by atoms with Crippen LogP contribution in [0.1, 0.15) is 44.1 Å². The Labute approximate surface area is 127 Å². The number of fused-ring (bicyclic) bond motifs is 1. The first-order valence-corrected chi connectivity index (χ1v) is 8.16. The zero-order chi connectivity index (χ0) is 14.1. The van der Waals surface area contributed by atoms with E-state index in [0.717, 1.165) is 13.0 Å². The normalized spacial score (nSPS) is 25.9. The maximum atomic E-state index is 14.6. The molecule has 2 atom stereocenters. The van der Waals surface area contributed by atoms with Gasteiger partial charge in [0.05, 0.1) is 15.7 Å². The van der Waals surface area contributed by atoms with Crippen LogP contribution in [0.3, 0.4) is 0 Å². The van der Waals surface area contributed by atoms with Crippen LogP contribution in [-0.4, -0.2) is 12.6 Å². The highest BCUT2D eigenvalue weighted by molar-refractivity contribution is 9.10. The van der Waals surface area contributed by atoms with Gasteiger partial charge in [-0.2, -0.15) is 5.26 Å². The van der Waals surface area contributed by atoms with E-state index in [9.17, 15) is 4.39 Å². The summed E-state index contributed by atoms with van der Waals surface area (Å²) >= 11 is 3.22. The van der Waals surface area contributed by atoms with E-state index in [1.807, 2.05) is 6.07 Å². The third-order valence-electron chi connectivity index (χ3n) is 4.74. The summed E-state index contributed by atoms with van der Waals surface area (Å²) in [7, 11) is 0. The predicted molar refractivity (Wildman–Crippen MR) is 81.1 cm³/mol. The number of piperidine rings is 1. The van der Waals surface area contributed by atoms with Crippen LogP contribution < -0.4 is 4.90 Å². The molecule has 106 valence electrons. The van der Waals surface area contributed by atoms with E-state index in [0.29, 0.717) is 27.7 Å². The first-order valence-electron chi connectivity index (χ1n) is 7.37. The van der Waals surface area contributed by atoms with Gasteiger partial charge in [-0.05, 0) is 59.7 Å². The second kappa shape index (κ2) is 5.73. The molecule has 2 fully saturated rings. The molecule has 20 heavy (non-hydrogen) atoms. The van der Waals surface area contributed by atoms with Crippen molar-refractivity contribution < 1.29 is 4.39 Å². The molecular formula is C16H18BrFN2. The van der Waals surface area contributed by atoms with Crippen molar-refractivity contribution in [3.8, 4) is 6.07 Å². The van der Waals surface area contributed by atoms with Crippen LogP contribution in [0.15, 0.2) is 16.6 Å². The molecule has 2 aliphatic rings. The van der Waals surface area contributed by atoms with Crippen molar-refractivity contribution in [2.24, 2.45) is 5.92 Å². The van der Waals surface area contributed by atoms with Crippen molar-refractivity contribution in [1.82, 2.24) is 0 Å². The first-order chi connectivity index (χ1) is 9.72. The molecule has 1 aromatic carbocycles. The van der Waals surface area contributed by atoms with E-state index < -0.39 is 0 Å². The Morgan fingerprint density at radius 2 is 1.95 bits per heavy atom. The van der Waals surface area contributed by atoms with Crippen molar-refractivity contribution in [3.63, 3.8) is 0 Å². The fourth-order valence-corrected chi connectivity index (χ4v) is 4.20. The van der Waals surface area contributed by atoms with Gasteiger partial charge in [0.25, 0.3) is 0 Å². The average Bonchev–Trinajstić information content (AvgIpc) is 2.50. The van der Waals surface area contributed by atoms with Crippen LogP contribution in [0.5, 0.6) is 0 Å². The van der Waals surface area contributed by atoms with Crippen LogP contribution in [0.4, 0.5) is 10.1 Å². The minimum atomic E-state index is -0.282. The quantitative estimate of drug-likeness (QED) is 0.748. The highest BCUT2D eigenvalue weighted by atomic mass is 79.9. The maximum absolute atomic E-state index is 14.6. The van der Waals surface area contributed by atoms with E-state index in [4.69, 9.17) is 5.26 Å². The van der Waals surface area contributed by atoms with E-state index in [1.165, 1.54) is 32.1 Å². The van der Waals surface area contributed by atoms with Crippen molar-refractivity contribution >= 4 is 21.6 Å². The molecule has 1 heterocycles. The summed E-state index contributed by atoms with van der Waals surface area (Å²) in [6.07, 6.45) is 7.42. The van der Waals surface area contributed by atoms with Gasteiger partial charge in [-0.1, -0.05) is 12.8 Å². The topological polar surface area (TPSA) is 27.0 Å². The van der Waals surface area contributed by atoms with Gasteiger partial charge in [-0.15, -0.1) is 0 Å². The molecule has 1 saturated carbocycles. The molecule has 0 spiro atoms. The van der Waals surface area contributed by atoms with Crippen molar-refractivity contribution in [1.29, 1.82) is 5.26 Å². The van der Waals surface area contributed by atoms with Gasteiger partial charge in [-0.25, -0.2) is 4.39 Å². The number of hydrogen-bond donors (Lipinski definition) is 0. The third-order valence-corrected chi connectivity index (χ3v) is 5.51. The van der Waals surface area contributed by atoms with Gasteiger partial charge in [0.15, 0.2) is 5.82 Å². The van der Waals surface area contributed by atoms with E-state index in [1.54, 1.807) is 12.1 Å². The summed E-state index contributed by atoms with van der Waals surface area (Å²) in [6, 6.07) is 5.99. The van der Waals surface area contributed by atoms with Gasteiger partial charge < -0.3 is 4.90 Å². The first kappa shape index (κ1) is 13.9. The number of anilines is 1. The zero-order valence-corrected chi connectivity index (χ0v) is 13.0. The van der Waals surface area contributed by atoms with Crippen molar-refractivity contribution in [3.05, 3.63) is 28.0 Å². The fourth-order valence-electron chi connectivity index (χ4n) is 3.77. The number of benzene rings is 1. The number of hydrogen-bond acceptors (Lipinski definition) is 2. The molecule has 1 aromatic rings. The Balaban J connectivity index is 1.95. The van der Waals surface area contributed by atoms with Crippen molar-refractivity contribution in [2.45, 2.75) is 44.6 Å². The second-order valence-electron chi connectivity index (χ2n) is 5.82. The third kappa shape index (κ3) is 2.33. The summed E-state index contributed by atoms with van der Waals surface area (Å²) in [6.45, 7) is 0.927. The smallest absolute Gasteiger partial charge is 0.161 e.